The summed E-state index contributed by atoms with van der Waals surface area (Å²) in [5.41, 5.74) is 0.501. The van der Waals surface area contributed by atoms with E-state index in [0.717, 1.165) is 19.4 Å². The average molecular weight is 242 g/mol. The van der Waals surface area contributed by atoms with E-state index in [-0.39, 0.29) is 24.8 Å². The first-order valence-electron chi connectivity index (χ1n) is 6.22. The maximum atomic E-state index is 11.1. The van der Waals surface area contributed by atoms with E-state index in [4.69, 9.17) is 9.84 Å². The van der Waals surface area contributed by atoms with Crippen LogP contribution in [-0.2, 0) is 14.3 Å². The molecule has 0 amide bonds. The third-order valence-corrected chi connectivity index (χ3v) is 2.78. The fourth-order valence-corrected chi connectivity index (χ4v) is 1.61. The number of carbonyl (C=O) groups is 1. The minimum Gasteiger partial charge on any atom is -0.459 e. The van der Waals surface area contributed by atoms with Crippen LogP contribution in [-0.4, -0.2) is 36.5 Å². The predicted octanol–water partition coefficient (Wildman–Crippen LogP) is 1.82. The van der Waals surface area contributed by atoms with Crippen molar-refractivity contribution in [1.82, 2.24) is 0 Å². The third-order valence-electron chi connectivity index (χ3n) is 2.78. The highest BCUT2D eigenvalue weighted by molar-refractivity contribution is 5.87. The topological polar surface area (TPSA) is 59.1 Å². The van der Waals surface area contributed by atoms with E-state index in [1.807, 2.05) is 0 Å². The van der Waals surface area contributed by atoms with Crippen molar-refractivity contribution in [3.63, 3.8) is 0 Å². The van der Waals surface area contributed by atoms with Crippen molar-refractivity contribution >= 4 is 5.97 Å². The molecule has 1 aliphatic heterocycles. The SMILES string of the molecule is C=C(C)C(=O)OC1CCCCC1.OCC1CO1. The second-order valence-corrected chi connectivity index (χ2v) is 4.58. The fourth-order valence-electron chi connectivity index (χ4n) is 1.61. The van der Waals surface area contributed by atoms with Crippen molar-refractivity contribution in [3.05, 3.63) is 12.2 Å². The number of aliphatic hydroxyl groups is 1. The van der Waals surface area contributed by atoms with Gasteiger partial charge in [0.25, 0.3) is 0 Å². The molecule has 2 aliphatic rings. The molecule has 2 fully saturated rings. The zero-order valence-electron chi connectivity index (χ0n) is 10.5. The van der Waals surface area contributed by atoms with E-state index < -0.39 is 0 Å². The molecule has 0 aromatic heterocycles. The Hall–Kier alpha value is -0.870. The van der Waals surface area contributed by atoms with E-state index in [1.54, 1.807) is 6.92 Å². The molecule has 0 radical (unpaired) electrons. The third kappa shape index (κ3) is 6.44. The summed E-state index contributed by atoms with van der Waals surface area (Å²) < 4.78 is 9.82. The lowest BCUT2D eigenvalue weighted by atomic mass is 9.98. The van der Waals surface area contributed by atoms with Crippen LogP contribution in [0.5, 0.6) is 0 Å². The summed E-state index contributed by atoms with van der Waals surface area (Å²) in [7, 11) is 0. The van der Waals surface area contributed by atoms with Crippen LogP contribution in [0.2, 0.25) is 0 Å². The molecule has 17 heavy (non-hydrogen) atoms. The standard InChI is InChI=1S/C10H16O2.C3H6O2/c1-8(2)10(11)12-9-6-4-3-5-7-9;4-1-3-2-5-3/h9H,1,3-7H2,2H3;3-4H,1-2H2. The van der Waals surface area contributed by atoms with Crippen molar-refractivity contribution in [3.8, 4) is 0 Å². The highest BCUT2D eigenvalue weighted by Gasteiger charge is 2.19. The van der Waals surface area contributed by atoms with Crippen LogP contribution in [0, 0.1) is 0 Å². The Bertz CT molecular complexity index is 252. The molecule has 0 aromatic carbocycles. The molecule has 4 heteroatoms. The smallest absolute Gasteiger partial charge is 0.333 e. The minimum atomic E-state index is -0.234. The summed E-state index contributed by atoms with van der Waals surface area (Å²) >= 11 is 0. The monoisotopic (exact) mass is 242 g/mol. The number of esters is 1. The maximum Gasteiger partial charge on any atom is 0.333 e. The van der Waals surface area contributed by atoms with Crippen molar-refractivity contribution in [2.75, 3.05) is 13.2 Å². The zero-order chi connectivity index (χ0) is 12.7. The summed E-state index contributed by atoms with van der Waals surface area (Å²) in [4.78, 5) is 11.1. The fraction of sp³-hybridized carbons (Fsp3) is 0.769. The number of ether oxygens (including phenoxy) is 2. The van der Waals surface area contributed by atoms with Crippen LogP contribution < -0.4 is 0 Å². The lowest BCUT2D eigenvalue weighted by Crippen LogP contribution is -2.20. The zero-order valence-corrected chi connectivity index (χ0v) is 10.5. The Morgan fingerprint density at radius 1 is 1.41 bits per heavy atom. The lowest BCUT2D eigenvalue weighted by molar-refractivity contribution is -0.145. The molecule has 1 aliphatic carbocycles. The molecular weight excluding hydrogens is 220 g/mol. The highest BCUT2D eigenvalue weighted by atomic mass is 16.6. The number of aliphatic hydroxyl groups excluding tert-OH is 1. The van der Waals surface area contributed by atoms with Crippen LogP contribution in [0.15, 0.2) is 12.2 Å². The normalized spacial score (nSPS) is 23.3. The number of hydrogen-bond donors (Lipinski definition) is 1. The van der Waals surface area contributed by atoms with Gasteiger partial charge in [0, 0.05) is 5.57 Å². The molecule has 1 saturated carbocycles. The molecule has 1 saturated heterocycles. The van der Waals surface area contributed by atoms with Gasteiger partial charge in [-0.3, -0.25) is 0 Å². The molecule has 2 rings (SSSR count). The molecule has 0 bridgehead atoms. The average Bonchev–Trinajstić information content (AvgIpc) is 3.14. The molecule has 98 valence electrons. The first-order valence-corrected chi connectivity index (χ1v) is 6.22. The van der Waals surface area contributed by atoms with Crippen molar-refractivity contribution < 1.29 is 19.4 Å². The Balaban J connectivity index is 0.000000239. The largest absolute Gasteiger partial charge is 0.459 e. The van der Waals surface area contributed by atoms with Gasteiger partial charge in [0.15, 0.2) is 0 Å². The van der Waals surface area contributed by atoms with E-state index in [9.17, 15) is 4.79 Å². The summed E-state index contributed by atoms with van der Waals surface area (Å²) in [6.07, 6.45) is 6.06. The molecule has 0 spiro atoms. The van der Waals surface area contributed by atoms with Crippen LogP contribution in [0.25, 0.3) is 0 Å². The molecule has 1 atom stereocenters. The van der Waals surface area contributed by atoms with E-state index in [1.165, 1.54) is 19.3 Å². The molecule has 1 unspecified atom stereocenters. The minimum absolute atomic E-state index is 0.156. The van der Waals surface area contributed by atoms with Gasteiger partial charge in [0.2, 0.25) is 0 Å². The number of rotatable bonds is 3. The Labute approximate surface area is 103 Å². The van der Waals surface area contributed by atoms with Gasteiger partial charge in [-0.2, -0.15) is 0 Å². The van der Waals surface area contributed by atoms with Crippen LogP contribution in [0.4, 0.5) is 0 Å². The van der Waals surface area contributed by atoms with E-state index >= 15 is 0 Å². The number of epoxide rings is 1. The number of hydrogen-bond acceptors (Lipinski definition) is 4. The van der Waals surface area contributed by atoms with Gasteiger partial charge in [0.05, 0.1) is 13.2 Å². The van der Waals surface area contributed by atoms with Crippen molar-refractivity contribution in [2.45, 2.75) is 51.2 Å². The van der Waals surface area contributed by atoms with Crippen LogP contribution in [0.1, 0.15) is 39.0 Å². The first kappa shape index (κ1) is 14.2. The Kier molecular flexibility index (Phi) is 6.22. The Morgan fingerprint density at radius 3 is 2.35 bits per heavy atom. The van der Waals surface area contributed by atoms with Gasteiger partial charge in [-0.05, 0) is 32.6 Å². The number of carbonyl (C=O) groups excluding carboxylic acids is 1. The van der Waals surface area contributed by atoms with E-state index in [2.05, 4.69) is 11.3 Å². The van der Waals surface area contributed by atoms with Gasteiger partial charge < -0.3 is 14.6 Å². The quantitative estimate of drug-likeness (QED) is 0.466. The highest BCUT2D eigenvalue weighted by Crippen LogP contribution is 2.20. The van der Waals surface area contributed by atoms with Gasteiger partial charge in [-0.15, -0.1) is 0 Å². The van der Waals surface area contributed by atoms with Gasteiger partial charge in [0.1, 0.15) is 12.2 Å². The van der Waals surface area contributed by atoms with Gasteiger partial charge in [-0.1, -0.05) is 13.0 Å². The Morgan fingerprint density at radius 2 is 2.00 bits per heavy atom. The molecule has 0 aromatic rings. The lowest BCUT2D eigenvalue weighted by Gasteiger charge is -2.21. The van der Waals surface area contributed by atoms with Crippen LogP contribution in [0.3, 0.4) is 0 Å². The van der Waals surface area contributed by atoms with Crippen LogP contribution >= 0.6 is 0 Å². The maximum absolute atomic E-state index is 11.1. The van der Waals surface area contributed by atoms with Gasteiger partial charge in [-0.25, -0.2) is 4.79 Å². The molecule has 1 heterocycles. The molecular formula is C13H22O4. The van der Waals surface area contributed by atoms with Crippen molar-refractivity contribution in [2.24, 2.45) is 0 Å². The van der Waals surface area contributed by atoms with Crippen molar-refractivity contribution in [1.29, 1.82) is 0 Å². The van der Waals surface area contributed by atoms with Gasteiger partial charge >= 0.3 is 5.97 Å². The second-order valence-electron chi connectivity index (χ2n) is 4.58. The molecule has 1 N–H and O–H groups in total. The summed E-state index contributed by atoms with van der Waals surface area (Å²) in [5, 5.41) is 8.08. The summed E-state index contributed by atoms with van der Waals surface area (Å²) in [5.74, 6) is -0.234. The summed E-state index contributed by atoms with van der Waals surface area (Å²) in [6, 6.07) is 0. The second kappa shape index (κ2) is 7.45. The summed E-state index contributed by atoms with van der Waals surface area (Å²) in [6.45, 7) is 6.19. The first-order chi connectivity index (χ1) is 8.13. The molecule has 4 nitrogen and oxygen atoms in total. The van der Waals surface area contributed by atoms with E-state index in [0.29, 0.717) is 5.57 Å². The predicted molar refractivity (Wildman–Crippen MR) is 64.6 cm³/mol.